The Morgan fingerprint density at radius 1 is 1.38 bits per heavy atom. The van der Waals surface area contributed by atoms with Crippen molar-refractivity contribution in [1.82, 2.24) is 5.32 Å². The fourth-order valence-electron chi connectivity index (χ4n) is 2.39. The van der Waals surface area contributed by atoms with Crippen molar-refractivity contribution in [2.45, 2.75) is 38.1 Å². The van der Waals surface area contributed by atoms with Crippen molar-refractivity contribution in [3.05, 3.63) is 33.8 Å². The first kappa shape index (κ1) is 10.8. The third-order valence-electron chi connectivity index (χ3n) is 3.72. The average molecular weight is 280 g/mol. The SMILES string of the molecule is Cc1ccc(C2CC2CNC2CC2)c(Br)c1. The van der Waals surface area contributed by atoms with Gasteiger partial charge in [-0.1, -0.05) is 28.1 Å². The summed E-state index contributed by atoms with van der Waals surface area (Å²) in [5, 5.41) is 3.63. The van der Waals surface area contributed by atoms with E-state index in [-0.39, 0.29) is 0 Å². The van der Waals surface area contributed by atoms with Gasteiger partial charge in [-0.15, -0.1) is 0 Å². The largest absolute Gasteiger partial charge is 0.314 e. The zero-order valence-electron chi connectivity index (χ0n) is 9.67. The number of nitrogens with one attached hydrogen (secondary N) is 1. The Kier molecular flexibility index (Phi) is 2.80. The van der Waals surface area contributed by atoms with Crippen LogP contribution in [-0.4, -0.2) is 12.6 Å². The third-order valence-corrected chi connectivity index (χ3v) is 4.41. The Morgan fingerprint density at radius 2 is 2.19 bits per heavy atom. The van der Waals surface area contributed by atoms with Gasteiger partial charge in [-0.25, -0.2) is 0 Å². The molecule has 0 bridgehead atoms. The van der Waals surface area contributed by atoms with Crippen LogP contribution in [0.5, 0.6) is 0 Å². The van der Waals surface area contributed by atoms with Crippen molar-refractivity contribution in [3.63, 3.8) is 0 Å². The van der Waals surface area contributed by atoms with Gasteiger partial charge in [-0.2, -0.15) is 0 Å². The van der Waals surface area contributed by atoms with Gasteiger partial charge in [-0.3, -0.25) is 0 Å². The lowest BCUT2D eigenvalue weighted by atomic mass is 10.1. The zero-order chi connectivity index (χ0) is 11.1. The maximum atomic E-state index is 3.69. The molecule has 1 aromatic rings. The lowest BCUT2D eigenvalue weighted by Crippen LogP contribution is -2.19. The van der Waals surface area contributed by atoms with Crippen molar-refractivity contribution in [1.29, 1.82) is 0 Å². The van der Waals surface area contributed by atoms with Crippen LogP contribution in [-0.2, 0) is 0 Å². The van der Waals surface area contributed by atoms with Gasteiger partial charge in [0.2, 0.25) is 0 Å². The molecule has 0 spiro atoms. The smallest absolute Gasteiger partial charge is 0.0212 e. The van der Waals surface area contributed by atoms with Crippen molar-refractivity contribution in [3.8, 4) is 0 Å². The molecule has 2 aliphatic rings. The first-order valence-corrected chi connectivity index (χ1v) is 7.03. The van der Waals surface area contributed by atoms with Crippen molar-refractivity contribution in [2.75, 3.05) is 6.54 Å². The highest BCUT2D eigenvalue weighted by Gasteiger charge is 2.39. The molecular weight excluding hydrogens is 262 g/mol. The first-order chi connectivity index (χ1) is 7.74. The molecule has 2 aliphatic carbocycles. The van der Waals surface area contributed by atoms with Crippen molar-refractivity contribution in [2.24, 2.45) is 5.92 Å². The molecule has 86 valence electrons. The molecule has 2 atom stereocenters. The zero-order valence-corrected chi connectivity index (χ0v) is 11.3. The van der Waals surface area contributed by atoms with Crippen LogP contribution in [0.2, 0.25) is 0 Å². The van der Waals surface area contributed by atoms with Gasteiger partial charge in [0.1, 0.15) is 0 Å². The summed E-state index contributed by atoms with van der Waals surface area (Å²) in [6, 6.07) is 7.60. The van der Waals surface area contributed by atoms with Crippen LogP contribution in [0.1, 0.15) is 36.3 Å². The van der Waals surface area contributed by atoms with E-state index in [1.54, 1.807) is 0 Å². The molecular formula is C14H18BrN. The van der Waals surface area contributed by atoms with E-state index in [1.165, 1.54) is 41.4 Å². The van der Waals surface area contributed by atoms with Gasteiger partial charge < -0.3 is 5.32 Å². The molecule has 2 fully saturated rings. The van der Waals surface area contributed by atoms with E-state index in [0.29, 0.717) is 0 Å². The number of hydrogen-bond acceptors (Lipinski definition) is 1. The molecule has 0 radical (unpaired) electrons. The number of halogens is 1. The maximum absolute atomic E-state index is 3.69. The highest BCUT2D eigenvalue weighted by Crippen LogP contribution is 2.49. The van der Waals surface area contributed by atoms with Crippen LogP contribution < -0.4 is 5.32 Å². The Labute approximate surface area is 106 Å². The van der Waals surface area contributed by atoms with E-state index < -0.39 is 0 Å². The molecule has 1 nitrogen and oxygen atoms in total. The molecule has 0 heterocycles. The number of hydrogen-bond donors (Lipinski definition) is 1. The molecule has 1 aromatic carbocycles. The van der Waals surface area contributed by atoms with Gasteiger partial charge in [0, 0.05) is 10.5 Å². The highest BCUT2D eigenvalue weighted by molar-refractivity contribution is 9.10. The minimum atomic E-state index is 0.793. The summed E-state index contributed by atoms with van der Waals surface area (Å²) in [6.07, 6.45) is 4.15. The lowest BCUT2D eigenvalue weighted by molar-refractivity contribution is 0.623. The number of aryl methyl sites for hydroxylation is 1. The van der Waals surface area contributed by atoms with Crippen LogP contribution in [0, 0.1) is 12.8 Å². The third kappa shape index (κ3) is 2.33. The summed E-state index contributed by atoms with van der Waals surface area (Å²) in [4.78, 5) is 0. The van der Waals surface area contributed by atoms with E-state index in [9.17, 15) is 0 Å². The van der Waals surface area contributed by atoms with E-state index in [4.69, 9.17) is 0 Å². The maximum Gasteiger partial charge on any atom is 0.0212 e. The fourth-order valence-corrected chi connectivity index (χ4v) is 3.18. The molecule has 0 aromatic heterocycles. The van der Waals surface area contributed by atoms with E-state index in [2.05, 4.69) is 46.4 Å². The van der Waals surface area contributed by atoms with Crippen molar-refractivity contribution < 1.29 is 0 Å². The molecule has 2 heteroatoms. The molecule has 0 amide bonds. The second-order valence-corrected chi connectivity index (χ2v) is 6.16. The summed E-state index contributed by atoms with van der Waals surface area (Å²) in [5.41, 5.74) is 2.84. The Hall–Kier alpha value is -0.340. The molecule has 1 N–H and O–H groups in total. The van der Waals surface area contributed by atoms with E-state index in [1.807, 2.05) is 0 Å². The van der Waals surface area contributed by atoms with E-state index >= 15 is 0 Å². The summed E-state index contributed by atoms with van der Waals surface area (Å²) < 4.78 is 1.30. The summed E-state index contributed by atoms with van der Waals surface area (Å²) in [5.74, 6) is 1.67. The van der Waals surface area contributed by atoms with Gasteiger partial charge in [0.05, 0.1) is 0 Å². The standard InChI is InChI=1S/C14H18BrN/c1-9-2-5-12(14(15)6-9)13-7-10(13)8-16-11-3-4-11/h2,5-6,10-11,13,16H,3-4,7-8H2,1H3. The monoisotopic (exact) mass is 279 g/mol. The van der Waals surface area contributed by atoms with Crippen LogP contribution >= 0.6 is 15.9 Å². The van der Waals surface area contributed by atoms with Crippen LogP contribution in [0.3, 0.4) is 0 Å². The second kappa shape index (κ2) is 4.15. The average Bonchev–Trinajstić information content (AvgIpc) is 3.11. The lowest BCUT2D eigenvalue weighted by Gasteiger charge is -2.05. The van der Waals surface area contributed by atoms with E-state index in [0.717, 1.165) is 17.9 Å². The van der Waals surface area contributed by atoms with Gasteiger partial charge in [0.25, 0.3) is 0 Å². The van der Waals surface area contributed by atoms with Crippen LogP contribution in [0.15, 0.2) is 22.7 Å². The molecule has 3 rings (SSSR count). The van der Waals surface area contributed by atoms with Crippen LogP contribution in [0.25, 0.3) is 0 Å². The summed E-state index contributed by atoms with van der Waals surface area (Å²) in [6.45, 7) is 3.36. The first-order valence-electron chi connectivity index (χ1n) is 6.23. The van der Waals surface area contributed by atoms with Gasteiger partial charge >= 0.3 is 0 Å². The minimum Gasteiger partial charge on any atom is -0.314 e. The predicted molar refractivity (Wildman–Crippen MR) is 70.8 cm³/mol. The molecule has 2 saturated carbocycles. The summed E-state index contributed by atoms with van der Waals surface area (Å²) >= 11 is 3.69. The second-order valence-electron chi connectivity index (χ2n) is 5.31. The van der Waals surface area contributed by atoms with Crippen LogP contribution in [0.4, 0.5) is 0 Å². The summed E-state index contributed by atoms with van der Waals surface area (Å²) in [7, 11) is 0. The molecule has 0 aliphatic heterocycles. The van der Waals surface area contributed by atoms with Gasteiger partial charge in [-0.05, 0) is 61.8 Å². The topological polar surface area (TPSA) is 12.0 Å². The number of rotatable bonds is 4. The fraction of sp³-hybridized carbons (Fsp3) is 0.571. The van der Waals surface area contributed by atoms with Gasteiger partial charge in [0.15, 0.2) is 0 Å². The van der Waals surface area contributed by atoms with Crippen molar-refractivity contribution >= 4 is 15.9 Å². The molecule has 0 saturated heterocycles. The Morgan fingerprint density at radius 3 is 2.88 bits per heavy atom. The number of benzene rings is 1. The quantitative estimate of drug-likeness (QED) is 0.888. The molecule has 2 unspecified atom stereocenters. The Bertz CT molecular complexity index is 398. The molecule has 16 heavy (non-hydrogen) atoms. The predicted octanol–water partition coefficient (Wildman–Crippen LogP) is 3.61. The highest BCUT2D eigenvalue weighted by atomic mass is 79.9. The minimum absolute atomic E-state index is 0.793. The Balaban J connectivity index is 1.61. The normalized spacial score (nSPS) is 28.1.